The molecule has 1 aliphatic rings. The van der Waals surface area contributed by atoms with Crippen molar-refractivity contribution in [1.82, 2.24) is 5.43 Å². The predicted octanol–water partition coefficient (Wildman–Crippen LogP) is 1.95. The van der Waals surface area contributed by atoms with Gasteiger partial charge in [0.05, 0.1) is 18.9 Å². The Hall–Kier alpha value is -0.840. The zero-order valence-corrected chi connectivity index (χ0v) is 8.72. The van der Waals surface area contributed by atoms with Crippen molar-refractivity contribution in [3.05, 3.63) is 34.2 Å². The summed E-state index contributed by atoms with van der Waals surface area (Å²) in [5.74, 6) is 5.55. The summed E-state index contributed by atoms with van der Waals surface area (Å²) in [6.07, 6.45) is 3.98. The van der Waals surface area contributed by atoms with Crippen LogP contribution >= 0.6 is 11.3 Å². The van der Waals surface area contributed by atoms with E-state index in [1.165, 1.54) is 11.1 Å². The van der Waals surface area contributed by atoms with Crippen LogP contribution in [0.3, 0.4) is 0 Å². The molecule has 2 heterocycles. The van der Waals surface area contributed by atoms with E-state index in [0.29, 0.717) is 0 Å². The molecule has 0 fully saturated rings. The molecule has 1 aliphatic heterocycles. The smallest absolute Gasteiger partial charge is 0.0876 e. The molecule has 2 rings (SSSR count). The summed E-state index contributed by atoms with van der Waals surface area (Å²) in [5.41, 5.74) is 5.28. The second-order valence-electron chi connectivity index (χ2n) is 3.32. The Labute approximate surface area is 87.5 Å². The number of nitrogens with two attached hydrogens (primary N) is 1. The van der Waals surface area contributed by atoms with Gasteiger partial charge in [0.25, 0.3) is 0 Å². The molecule has 0 bridgehead atoms. The average molecular weight is 210 g/mol. The number of ether oxygens (including phenoxy) is 1. The Morgan fingerprint density at radius 3 is 3.07 bits per heavy atom. The van der Waals surface area contributed by atoms with Gasteiger partial charge >= 0.3 is 0 Å². The van der Waals surface area contributed by atoms with Crippen molar-refractivity contribution in [1.29, 1.82) is 0 Å². The van der Waals surface area contributed by atoms with Crippen molar-refractivity contribution in [2.24, 2.45) is 5.84 Å². The first-order valence-corrected chi connectivity index (χ1v) is 5.65. The SMILES string of the molecule is NNC(C1=COCCC1)c1ccsc1. The molecule has 3 nitrogen and oxygen atoms in total. The number of hydrogen-bond acceptors (Lipinski definition) is 4. The summed E-state index contributed by atoms with van der Waals surface area (Å²) >= 11 is 1.68. The highest BCUT2D eigenvalue weighted by Gasteiger charge is 2.17. The zero-order chi connectivity index (χ0) is 9.80. The van der Waals surface area contributed by atoms with Crippen LogP contribution in [0.25, 0.3) is 0 Å². The number of hydrazine groups is 1. The fraction of sp³-hybridized carbons (Fsp3) is 0.400. The predicted molar refractivity (Wildman–Crippen MR) is 57.7 cm³/mol. The quantitative estimate of drug-likeness (QED) is 0.592. The molecule has 0 saturated carbocycles. The topological polar surface area (TPSA) is 47.3 Å². The van der Waals surface area contributed by atoms with E-state index in [4.69, 9.17) is 10.6 Å². The van der Waals surface area contributed by atoms with Gasteiger partial charge in [-0.25, -0.2) is 5.43 Å². The van der Waals surface area contributed by atoms with E-state index in [2.05, 4.69) is 22.3 Å². The van der Waals surface area contributed by atoms with Crippen LogP contribution < -0.4 is 11.3 Å². The molecule has 14 heavy (non-hydrogen) atoms. The van der Waals surface area contributed by atoms with E-state index < -0.39 is 0 Å². The lowest BCUT2D eigenvalue weighted by molar-refractivity contribution is 0.219. The van der Waals surface area contributed by atoms with Crippen molar-refractivity contribution in [2.45, 2.75) is 18.9 Å². The number of nitrogens with one attached hydrogen (secondary N) is 1. The monoisotopic (exact) mass is 210 g/mol. The van der Waals surface area contributed by atoms with E-state index in [0.717, 1.165) is 19.4 Å². The van der Waals surface area contributed by atoms with Gasteiger partial charge in [-0.3, -0.25) is 5.84 Å². The first-order valence-electron chi connectivity index (χ1n) is 4.70. The normalized spacial score (nSPS) is 18.5. The second-order valence-corrected chi connectivity index (χ2v) is 4.10. The third kappa shape index (κ3) is 1.97. The Kier molecular flexibility index (Phi) is 3.18. The van der Waals surface area contributed by atoms with E-state index in [-0.39, 0.29) is 6.04 Å². The molecule has 1 unspecified atom stereocenters. The van der Waals surface area contributed by atoms with Crippen LogP contribution in [0, 0.1) is 0 Å². The van der Waals surface area contributed by atoms with Gasteiger partial charge in [0, 0.05) is 0 Å². The highest BCUT2D eigenvalue weighted by Crippen LogP contribution is 2.28. The Morgan fingerprint density at radius 1 is 1.57 bits per heavy atom. The maximum Gasteiger partial charge on any atom is 0.0876 e. The van der Waals surface area contributed by atoms with Crippen LogP contribution in [0.4, 0.5) is 0 Å². The van der Waals surface area contributed by atoms with Gasteiger partial charge in [-0.2, -0.15) is 11.3 Å². The molecule has 1 aromatic heterocycles. The molecule has 1 aromatic rings. The first-order chi connectivity index (χ1) is 6.92. The largest absolute Gasteiger partial charge is 0.501 e. The van der Waals surface area contributed by atoms with E-state index in [1.54, 1.807) is 11.3 Å². The van der Waals surface area contributed by atoms with Crippen LogP contribution in [0.1, 0.15) is 24.4 Å². The summed E-state index contributed by atoms with van der Waals surface area (Å²) in [4.78, 5) is 0. The lowest BCUT2D eigenvalue weighted by Gasteiger charge is -2.21. The summed E-state index contributed by atoms with van der Waals surface area (Å²) in [6.45, 7) is 0.824. The standard InChI is InChI=1S/C10H14N2OS/c11-12-10(9-3-5-14-7-9)8-2-1-4-13-6-8/h3,5-7,10,12H,1-2,4,11H2. The van der Waals surface area contributed by atoms with Gasteiger partial charge in [0.1, 0.15) is 0 Å². The molecule has 3 N–H and O–H groups in total. The first kappa shape index (κ1) is 9.71. The molecule has 0 aliphatic carbocycles. The van der Waals surface area contributed by atoms with Crippen molar-refractivity contribution in [2.75, 3.05) is 6.61 Å². The lowest BCUT2D eigenvalue weighted by atomic mass is 9.98. The third-order valence-corrected chi connectivity index (χ3v) is 3.08. The van der Waals surface area contributed by atoms with Crippen molar-refractivity contribution in [3.63, 3.8) is 0 Å². The highest BCUT2D eigenvalue weighted by atomic mass is 32.1. The molecule has 0 aromatic carbocycles. The van der Waals surface area contributed by atoms with Gasteiger partial charge in [-0.1, -0.05) is 0 Å². The molecule has 0 saturated heterocycles. The van der Waals surface area contributed by atoms with Gasteiger partial charge in [-0.15, -0.1) is 0 Å². The van der Waals surface area contributed by atoms with E-state index in [9.17, 15) is 0 Å². The van der Waals surface area contributed by atoms with Gasteiger partial charge < -0.3 is 4.74 Å². The van der Waals surface area contributed by atoms with Crippen LogP contribution in [-0.4, -0.2) is 6.61 Å². The molecule has 0 amide bonds. The van der Waals surface area contributed by atoms with Crippen LogP contribution in [0.2, 0.25) is 0 Å². The minimum Gasteiger partial charge on any atom is -0.501 e. The summed E-state index contributed by atoms with van der Waals surface area (Å²) in [7, 11) is 0. The van der Waals surface area contributed by atoms with E-state index >= 15 is 0 Å². The third-order valence-electron chi connectivity index (χ3n) is 2.38. The lowest BCUT2D eigenvalue weighted by Crippen LogP contribution is -2.30. The fourth-order valence-electron chi connectivity index (χ4n) is 1.65. The van der Waals surface area contributed by atoms with Gasteiger partial charge in [0.15, 0.2) is 0 Å². The molecular weight excluding hydrogens is 196 g/mol. The average Bonchev–Trinajstić information content (AvgIpc) is 2.74. The van der Waals surface area contributed by atoms with Crippen LogP contribution in [0.15, 0.2) is 28.7 Å². The fourth-order valence-corrected chi connectivity index (χ4v) is 2.34. The number of rotatable bonds is 3. The summed E-state index contributed by atoms with van der Waals surface area (Å²) in [6, 6.07) is 2.20. The molecule has 0 spiro atoms. The van der Waals surface area contributed by atoms with Crippen LogP contribution in [0.5, 0.6) is 0 Å². The van der Waals surface area contributed by atoms with Gasteiger partial charge in [0.2, 0.25) is 0 Å². The number of thiophene rings is 1. The van der Waals surface area contributed by atoms with Gasteiger partial charge in [-0.05, 0) is 40.8 Å². The van der Waals surface area contributed by atoms with Crippen molar-refractivity contribution >= 4 is 11.3 Å². The Bertz CT molecular complexity index is 308. The summed E-state index contributed by atoms with van der Waals surface area (Å²) < 4.78 is 5.31. The molecule has 76 valence electrons. The second kappa shape index (κ2) is 4.59. The minimum absolute atomic E-state index is 0.113. The molecule has 4 heteroatoms. The molecular formula is C10H14N2OS. The van der Waals surface area contributed by atoms with Crippen molar-refractivity contribution < 1.29 is 4.74 Å². The zero-order valence-electron chi connectivity index (χ0n) is 7.90. The maximum atomic E-state index is 5.55. The summed E-state index contributed by atoms with van der Waals surface area (Å²) in [5, 5.41) is 4.17. The minimum atomic E-state index is 0.113. The molecule has 0 radical (unpaired) electrons. The Balaban J connectivity index is 2.16. The molecule has 1 atom stereocenters. The Morgan fingerprint density at radius 2 is 2.50 bits per heavy atom. The van der Waals surface area contributed by atoms with E-state index in [1.807, 2.05) is 6.26 Å². The number of hydrogen-bond donors (Lipinski definition) is 2. The van der Waals surface area contributed by atoms with Crippen molar-refractivity contribution in [3.8, 4) is 0 Å². The maximum absolute atomic E-state index is 5.55. The highest BCUT2D eigenvalue weighted by molar-refractivity contribution is 7.08. The van der Waals surface area contributed by atoms with Crippen LogP contribution in [-0.2, 0) is 4.74 Å².